The van der Waals surface area contributed by atoms with Crippen LogP contribution in [0.2, 0.25) is 0 Å². The smallest absolute Gasteiger partial charge is 0.403 e. The molecular formula is C8H4F6INO2. The summed E-state index contributed by atoms with van der Waals surface area (Å²) >= 11 is 1.18. The average Bonchev–Trinajstić information content (AvgIpc) is 2.17. The molecule has 1 heterocycles. The molecule has 0 aliphatic rings. The van der Waals surface area contributed by atoms with E-state index in [1.807, 2.05) is 0 Å². The van der Waals surface area contributed by atoms with Crippen LogP contribution in [0.3, 0.4) is 0 Å². The lowest BCUT2D eigenvalue weighted by Gasteiger charge is -2.15. The fraction of sp³-hybridized carbons (Fsp3) is 0.375. The van der Waals surface area contributed by atoms with Gasteiger partial charge in [0.05, 0.1) is 6.61 Å². The van der Waals surface area contributed by atoms with Crippen LogP contribution in [0.5, 0.6) is 5.75 Å². The molecule has 0 saturated heterocycles. The molecule has 0 unspecified atom stereocenters. The number of alkyl halides is 6. The quantitative estimate of drug-likeness (QED) is 0.482. The number of hydrogen-bond donors (Lipinski definition) is 1. The highest BCUT2D eigenvalue weighted by atomic mass is 127. The normalized spacial score (nSPS) is 12.7. The Labute approximate surface area is 110 Å². The molecule has 0 radical (unpaired) electrons. The van der Waals surface area contributed by atoms with Crippen molar-refractivity contribution in [1.82, 2.24) is 4.98 Å². The molecule has 0 spiro atoms. The van der Waals surface area contributed by atoms with Gasteiger partial charge >= 0.3 is 12.5 Å². The minimum atomic E-state index is -5.05. The summed E-state index contributed by atoms with van der Waals surface area (Å²) in [6.45, 7) is -1.10. The zero-order valence-electron chi connectivity index (χ0n) is 8.23. The Bertz CT molecular complexity index is 444. The van der Waals surface area contributed by atoms with Gasteiger partial charge in [0.15, 0.2) is 11.4 Å². The Balaban J connectivity index is 3.27. The molecule has 0 saturated carbocycles. The van der Waals surface area contributed by atoms with Gasteiger partial charge in [-0.2, -0.15) is 13.2 Å². The molecule has 0 aliphatic heterocycles. The van der Waals surface area contributed by atoms with Crippen LogP contribution >= 0.6 is 22.6 Å². The molecule has 102 valence electrons. The fourth-order valence-corrected chi connectivity index (χ4v) is 1.58. The van der Waals surface area contributed by atoms with E-state index in [-0.39, 0.29) is 0 Å². The van der Waals surface area contributed by atoms with Gasteiger partial charge < -0.3 is 9.84 Å². The van der Waals surface area contributed by atoms with E-state index in [1.54, 1.807) is 0 Å². The average molecular weight is 387 g/mol. The van der Waals surface area contributed by atoms with Crippen LogP contribution in [0, 0.1) is 3.70 Å². The summed E-state index contributed by atoms with van der Waals surface area (Å²) in [6.07, 6.45) is -9.91. The number of ether oxygens (including phenoxy) is 1. The first-order valence-corrected chi connectivity index (χ1v) is 5.25. The van der Waals surface area contributed by atoms with Gasteiger partial charge in [-0.15, -0.1) is 13.2 Å². The van der Waals surface area contributed by atoms with E-state index in [2.05, 4.69) is 9.72 Å². The highest BCUT2D eigenvalue weighted by molar-refractivity contribution is 14.1. The predicted octanol–water partition coefficient (Wildman–Crippen LogP) is 3.10. The first-order chi connectivity index (χ1) is 8.04. The summed E-state index contributed by atoms with van der Waals surface area (Å²) < 4.78 is 76.1. The van der Waals surface area contributed by atoms with Gasteiger partial charge in [-0.1, -0.05) is 0 Å². The standard InChI is InChI=1S/C8H4F6INO2/c9-7(10,11)5-3(2-17)1-4(6(15)16-5)18-8(12,13)14/h1,17H,2H2. The minimum absolute atomic E-state index is 0.463. The summed E-state index contributed by atoms with van der Waals surface area (Å²) in [5.41, 5.74) is -2.23. The minimum Gasteiger partial charge on any atom is -0.403 e. The predicted molar refractivity (Wildman–Crippen MR) is 54.6 cm³/mol. The van der Waals surface area contributed by atoms with E-state index in [0.717, 1.165) is 0 Å². The number of halogens is 7. The van der Waals surface area contributed by atoms with Crippen LogP contribution < -0.4 is 4.74 Å². The van der Waals surface area contributed by atoms with E-state index in [0.29, 0.717) is 6.07 Å². The lowest BCUT2D eigenvalue weighted by Crippen LogP contribution is -2.20. The van der Waals surface area contributed by atoms with Gasteiger partial charge in [-0.25, -0.2) is 4.98 Å². The third-order valence-corrected chi connectivity index (χ3v) is 2.46. The fourth-order valence-electron chi connectivity index (χ4n) is 1.07. The van der Waals surface area contributed by atoms with Crippen molar-refractivity contribution in [2.24, 2.45) is 0 Å². The van der Waals surface area contributed by atoms with Crippen molar-refractivity contribution in [3.63, 3.8) is 0 Å². The number of hydrogen-bond acceptors (Lipinski definition) is 3. The zero-order chi connectivity index (χ0) is 14.1. The van der Waals surface area contributed by atoms with Gasteiger partial charge in [0.1, 0.15) is 3.70 Å². The van der Waals surface area contributed by atoms with Crippen molar-refractivity contribution in [2.75, 3.05) is 0 Å². The summed E-state index contributed by atoms with van der Waals surface area (Å²) in [5.74, 6) is -0.889. The van der Waals surface area contributed by atoms with Gasteiger partial charge in [0, 0.05) is 5.56 Å². The first-order valence-electron chi connectivity index (χ1n) is 4.18. The molecule has 0 atom stereocenters. The van der Waals surface area contributed by atoms with Gasteiger partial charge in [-0.3, -0.25) is 0 Å². The summed E-state index contributed by atoms with van der Waals surface area (Å²) in [6, 6.07) is 0.463. The summed E-state index contributed by atoms with van der Waals surface area (Å²) in [4.78, 5) is 2.98. The maximum absolute atomic E-state index is 12.4. The SMILES string of the molecule is OCc1cc(OC(F)(F)F)c(I)nc1C(F)(F)F. The zero-order valence-corrected chi connectivity index (χ0v) is 10.4. The molecule has 1 aromatic rings. The topological polar surface area (TPSA) is 42.4 Å². The Kier molecular flexibility index (Phi) is 4.30. The Morgan fingerprint density at radius 2 is 1.78 bits per heavy atom. The van der Waals surface area contributed by atoms with E-state index in [4.69, 9.17) is 5.11 Å². The van der Waals surface area contributed by atoms with Gasteiger partial charge in [0.2, 0.25) is 0 Å². The van der Waals surface area contributed by atoms with Crippen LogP contribution in [0.15, 0.2) is 6.07 Å². The molecule has 1 rings (SSSR count). The van der Waals surface area contributed by atoms with Crippen LogP contribution in [-0.4, -0.2) is 16.5 Å². The Morgan fingerprint density at radius 1 is 1.22 bits per heavy atom. The third kappa shape index (κ3) is 3.86. The monoisotopic (exact) mass is 387 g/mol. The number of aromatic nitrogens is 1. The third-order valence-electron chi connectivity index (χ3n) is 1.69. The highest BCUT2D eigenvalue weighted by Crippen LogP contribution is 2.35. The molecule has 10 heteroatoms. The number of nitrogens with zero attached hydrogens (tertiary/aromatic N) is 1. The maximum atomic E-state index is 12.4. The number of aliphatic hydroxyl groups is 1. The van der Waals surface area contributed by atoms with Crippen LogP contribution in [-0.2, 0) is 12.8 Å². The van der Waals surface area contributed by atoms with Crippen LogP contribution in [0.4, 0.5) is 26.3 Å². The summed E-state index contributed by atoms with van der Waals surface area (Å²) in [7, 11) is 0. The van der Waals surface area contributed by atoms with E-state index in [9.17, 15) is 26.3 Å². The van der Waals surface area contributed by atoms with E-state index >= 15 is 0 Å². The maximum Gasteiger partial charge on any atom is 0.573 e. The molecule has 18 heavy (non-hydrogen) atoms. The van der Waals surface area contributed by atoms with Crippen molar-refractivity contribution < 1.29 is 36.2 Å². The lowest BCUT2D eigenvalue weighted by atomic mass is 10.2. The number of rotatable bonds is 2. The highest BCUT2D eigenvalue weighted by Gasteiger charge is 2.38. The second-order valence-electron chi connectivity index (χ2n) is 2.99. The van der Waals surface area contributed by atoms with Crippen LogP contribution in [0.25, 0.3) is 0 Å². The van der Waals surface area contributed by atoms with E-state index < -0.39 is 39.9 Å². The van der Waals surface area contributed by atoms with Crippen molar-refractivity contribution in [3.8, 4) is 5.75 Å². The Hall–Kier alpha value is -0.780. The number of aliphatic hydroxyl groups excluding tert-OH is 1. The summed E-state index contributed by atoms with van der Waals surface area (Å²) in [5, 5.41) is 8.72. The molecular weight excluding hydrogens is 383 g/mol. The van der Waals surface area contributed by atoms with Gasteiger partial charge in [0.25, 0.3) is 0 Å². The molecule has 1 aromatic heterocycles. The largest absolute Gasteiger partial charge is 0.573 e. The van der Waals surface area contributed by atoms with Crippen molar-refractivity contribution >= 4 is 22.6 Å². The first kappa shape index (κ1) is 15.3. The van der Waals surface area contributed by atoms with Crippen LogP contribution in [0.1, 0.15) is 11.3 Å². The van der Waals surface area contributed by atoms with Crippen molar-refractivity contribution in [3.05, 3.63) is 21.0 Å². The van der Waals surface area contributed by atoms with Crippen molar-refractivity contribution in [2.45, 2.75) is 19.1 Å². The van der Waals surface area contributed by atoms with Crippen molar-refractivity contribution in [1.29, 1.82) is 0 Å². The molecule has 0 bridgehead atoms. The van der Waals surface area contributed by atoms with Gasteiger partial charge in [-0.05, 0) is 28.7 Å². The van der Waals surface area contributed by atoms with E-state index in [1.165, 1.54) is 22.6 Å². The number of pyridine rings is 1. The molecule has 0 aliphatic carbocycles. The molecule has 0 amide bonds. The molecule has 1 N–H and O–H groups in total. The lowest BCUT2D eigenvalue weighted by molar-refractivity contribution is -0.275. The molecule has 3 nitrogen and oxygen atoms in total. The second-order valence-corrected chi connectivity index (χ2v) is 4.01. The molecule has 0 aromatic carbocycles. The molecule has 0 fully saturated rings. The Morgan fingerprint density at radius 3 is 2.17 bits per heavy atom. The second kappa shape index (κ2) is 5.07.